The summed E-state index contributed by atoms with van der Waals surface area (Å²) in [6.45, 7) is 0. The van der Waals surface area contributed by atoms with E-state index in [1.807, 2.05) is 18.2 Å². The number of fused-ring (bicyclic) bond motifs is 2. The van der Waals surface area contributed by atoms with Crippen LogP contribution < -0.4 is 20.7 Å². The average molecular weight is 408 g/mol. The zero-order valence-corrected chi connectivity index (χ0v) is 16.7. The van der Waals surface area contributed by atoms with Crippen LogP contribution in [0.3, 0.4) is 0 Å². The summed E-state index contributed by atoms with van der Waals surface area (Å²) in [4.78, 5) is 12.7. The lowest BCUT2D eigenvalue weighted by Gasteiger charge is -2.21. The van der Waals surface area contributed by atoms with Crippen LogP contribution in [0, 0.1) is 0 Å². The van der Waals surface area contributed by atoms with Crippen molar-refractivity contribution in [3.8, 4) is 11.1 Å². The summed E-state index contributed by atoms with van der Waals surface area (Å²) in [6.07, 6.45) is 1.16. The normalized spacial score (nSPS) is 12.8. The number of nitrogens with two attached hydrogens (primary N) is 1. The summed E-state index contributed by atoms with van der Waals surface area (Å²) in [6, 6.07) is 17.9. The minimum Gasteiger partial charge on any atom is -0.399 e. The molecule has 3 aromatic rings. The van der Waals surface area contributed by atoms with E-state index in [1.54, 1.807) is 42.5 Å². The smallest absolute Gasteiger partial charge is 0.257 e. The maximum absolute atomic E-state index is 12.7. The van der Waals surface area contributed by atoms with E-state index >= 15 is 0 Å². The zero-order chi connectivity index (χ0) is 20.8. The van der Waals surface area contributed by atoms with Gasteiger partial charge in [-0.25, -0.2) is 8.42 Å². The third-order valence-corrected chi connectivity index (χ3v) is 6.07. The van der Waals surface area contributed by atoms with Gasteiger partial charge >= 0.3 is 0 Å². The van der Waals surface area contributed by atoms with Crippen LogP contribution in [-0.2, 0) is 10.0 Å². The van der Waals surface area contributed by atoms with Crippen molar-refractivity contribution >= 4 is 44.4 Å². The van der Waals surface area contributed by atoms with Crippen LogP contribution in [0.5, 0.6) is 0 Å². The number of hydrogen-bond acceptors (Lipinski definition) is 5. The highest BCUT2D eigenvalue weighted by Gasteiger charge is 2.21. The summed E-state index contributed by atoms with van der Waals surface area (Å²) >= 11 is 0. The molecule has 0 unspecified atom stereocenters. The van der Waals surface area contributed by atoms with E-state index in [4.69, 9.17) is 5.73 Å². The number of amides is 1. The quantitative estimate of drug-likeness (QED) is 0.574. The van der Waals surface area contributed by atoms with Gasteiger partial charge in [-0.1, -0.05) is 24.3 Å². The van der Waals surface area contributed by atoms with Crippen molar-refractivity contribution in [3.63, 3.8) is 0 Å². The molecule has 0 saturated heterocycles. The van der Waals surface area contributed by atoms with Crippen molar-refractivity contribution in [1.82, 2.24) is 0 Å². The van der Waals surface area contributed by atoms with Gasteiger partial charge in [0.05, 0.1) is 34.6 Å². The number of hydrogen-bond donors (Lipinski definition) is 3. The molecule has 0 bridgehead atoms. The average Bonchev–Trinajstić information content (AvgIpc) is 2.81. The van der Waals surface area contributed by atoms with Gasteiger partial charge in [0.15, 0.2) is 0 Å². The Balaban J connectivity index is 1.83. The second-order valence-corrected chi connectivity index (χ2v) is 8.91. The minimum absolute atomic E-state index is 0.245. The van der Waals surface area contributed by atoms with Crippen molar-refractivity contribution in [2.24, 2.45) is 0 Å². The number of carbonyl (C=O) groups excluding carboxylic acids is 1. The molecule has 0 atom stereocenters. The number of nitrogen functional groups attached to an aromatic ring is 1. The highest BCUT2D eigenvalue weighted by atomic mass is 32.2. The van der Waals surface area contributed by atoms with Crippen LogP contribution in [0.2, 0.25) is 0 Å². The zero-order valence-electron chi connectivity index (χ0n) is 15.9. The van der Waals surface area contributed by atoms with Gasteiger partial charge in [-0.2, -0.15) is 0 Å². The Morgan fingerprint density at radius 2 is 1.62 bits per heavy atom. The van der Waals surface area contributed by atoms with Gasteiger partial charge in [0.2, 0.25) is 10.0 Å². The Bertz CT molecular complexity index is 1240. The number of anilines is 5. The molecule has 1 amide bonds. The lowest BCUT2D eigenvalue weighted by Crippen LogP contribution is -2.25. The largest absolute Gasteiger partial charge is 0.399 e. The lowest BCUT2D eigenvalue weighted by atomic mass is 10.0. The number of para-hydroxylation sites is 1. The number of benzene rings is 3. The monoisotopic (exact) mass is 408 g/mol. The number of nitrogens with zero attached hydrogens (tertiary/aromatic N) is 1. The number of sulfonamides is 1. The molecule has 8 heteroatoms. The maximum Gasteiger partial charge on any atom is 0.257 e. The van der Waals surface area contributed by atoms with Gasteiger partial charge in [0.25, 0.3) is 5.91 Å². The fourth-order valence-electron chi connectivity index (χ4n) is 3.29. The first-order chi connectivity index (χ1) is 13.7. The number of rotatable bonds is 3. The van der Waals surface area contributed by atoms with E-state index < -0.39 is 10.0 Å². The first-order valence-corrected chi connectivity index (χ1v) is 10.7. The molecule has 148 valence electrons. The Hall–Kier alpha value is -3.52. The Morgan fingerprint density at radius 1 is 0.862 bits per heavy atom. The molecule has 1 aliphatic heterocycles. The predicted molar refractivity (Wildman–Crippen MR) is 117 cm³/mol. The highest BCUT2D eigenvalue weighted by Crippen LogP contribution is 2.38. The van der Waals surface area contributed by atoms with Crippen molar-refractivity contribution in [2.75, 3.05) is 34.0 Å². The number of nitrogens with one attached hydrogen (secondary N) is 2. The molecular weight excluding hydrogens is 388 g/mol. The molecule has 29 heavy (non-hydrogen) atoms. The van der Waals surface area contributed by atoms with Crippen molar-refractivity contribution in [2.45, 2.75) is 0 Å². The topological polar surface area (TPSA) is 105 Å². The maximum atomic E-state index is 12.7. The van der Waals surface area contributed by atoms with E-state index in [0.717, 1.165) is 23.1 Å². The third-order valence-electron chi connectivity index (χ3n) is 4.88. The highest BCUT2D eigenvalue weighted by molar-refractivity contribution is 7.92. The standard InChI is InChI=1S/C21H20N4O3S/c1-25(29(2,27)28)20-6-4-3-5-15(20)13-7-9-16-18(11-13)23-17-10-8-14(22)12-19(17)24-21(16)26/h3-12,23H,22H2,1-2H3,(H,24,26). The van der Waals surface area contributed by atoms with Gasteiger partial charge < -0.3 is 16.4 Å². The summed E-state index contributed by atoms with van der Waals surface area (Å²) in [5.74, 6) is -0.245. The van der Waals surface area contributed by atoms with Crippen LogP contribution in [0.4, 0.5) is 28.4 Å². The van der Waals surface area contributed by atoms with E-state index in [0.29, 0.717) is 28.3 Å². The number of carbonyl (C=O) groups is 1. The van der Waals surface area contributed by atoms with Crippen LogP contribution in [-0.4, -0.2) is 27.6 Å². The van der Waals surface area contributed by atoms with Crippen molar-refractivity contribution in [3.05, 3.63) is 66.2 Å². The van der Waals surface area contributed by atoms with Crippen LogP contribution in [0.25, 0.3) is 11.1 Å². The molecule has 4 N–H and O–H groups in total. The summed E-state index contributed by atoms with van der Waals surface area (Å²) in [5.41, 5.74) is 10.9. The Labute approximate surface area is 169 Å². The van der Waals surface area contributed by atoms with E-state index in [9.17, 15) is 13.2 Å². The lowest BCUT2D eigenvalue weighted by molar-refractivity contribution is 0.102. The summed E-state index contributed by atoms with van der Waals surface area (Å²) < 4.78 is 25.3. The third kappa shape index (κ3) is 3.50. The van der Waals surface area contributed by atoms with E-state index in [-0.39, 0.29) is 5.91 Å². The molecule has 1 aliphatic rings. The summed E-state index contributed by atoms with van der Waals surface area (Å²) in [7, 11) is -1.90. The molecule has 3 aromatic carbocycles. The fourth-order valence-corrected chi connectivity index (χ4v) is 3.81. The van der Waals surface area contributed by atoms with Crippen LogP contribution in [0.1, 0.15) is 10.4 Å². The van der Waals surface area contributed by atoms with Gasteiger partial charge in [-0.15, -0.1) is 0 Å². The van der Waals surface area contributed by atoms with E-state index in [1.165, 1.54) is 11.4 Å². The van der Waals surface area contributed by atoms with Gasteiger partial charge in [-0.3, -0.25) is 9.10 Å². The molecule has 0 fully saturated rings. The second-order valence-electron chi connectivity index (χ2n) is 6.89. The molecule has 1 heterocycles. The Kier molecular flexibility index (Phi) is 4.43. The van der Waals surface area contributed by atoms with Gasteiger partial charge in [-0.05, 0) is 42.0 Å². The van der Waals surface area contributed by atoms with Gasteiger partial charge in [0, 0.05) is 18.3 Å². The molecule has 0 aromatic heterocycles. The van der Waals surface area contributed by atoms with Crippen LogP contribution >= 0.6 is 0 Å². The molecular formula is C21H20N4O3S. The molecule has 0 aliphatic carbocycles. The summed E-state index contributed by atoms with van der Waals surface area (Å²) in [5, 5.41) is 6.14. The molecule has 4 rings (SSSR count). The molecule has 0 spiro atoms. The molecule has 7 nitrogen and oxygen atoms in total. The first kappa shape index (κ1) is 18.8. The molecule has 0 saturated carbocycles. The second kappa shape index (κ2) is 6.82. The minimum atomic E-state index is -3.42. The van der Waals surface area contributed by atoms with Gasteiger partial charge in [0.1, 0.15) is 0 Å². The van der Waals surface area contributed by atoms with E-state index in [2.05, 4.69) is 10.6 Å². The van der Waals surface area contributed by atoms with Crippen molar-refractivity contribution in [1.29, 1.82) is 0 Å². The predicted octanol–water partition coefficient (Wildman–Crippen LogP) is 3.64. The first-order valence-electron chi connectivity index (χ1n) is 8.89. The van der Waals surface area contributed by atoms with Crippen molar-refractivity contribution < 1.29 is 13.2 Å². The fraction of sp³-hybridized carbons (Fsp3) is 0.0952. The Morgan fingerprint density at radius 3 is 2.38 bits per heavy atom. The SMILES string of the molecule is CN(c1ccccc1-c1ccc2c(c1)Nc1ccc(N)cc1NC2=O)S(C)(=O)=O. The molecule has 0 radical (unpaired) electrons. The van der Waals surface area contributed by atoms with Crippen LogP contribution in [0.15, 0.2) is 60.7 Å².